The minimum atomic E-state index is -0.591. The lowest BCUT2D eigenvalue weighted by atomic mass is 10.2. The van der Waals surface area contributed by atoms with Crippen molar-refractivity contribution in [1.82, 2.24) is 4.98 Å². The molecule has 0 aliphatic heterocycles. The lowest BCUT2D eigenvalue weighted by Crippen LogP contribution is -2.27. The minimum absolute atomic E-state index is 0.103. The van der Waals surface area contributed by atoms with Crippen LogP contribution in [-0.4, -0.2) is 16.7 Å². The van der Waals surface area contributed by atoms with Gasteiger partial charge in [-0.3, -0.25) is 0 Å². The number of oxazole rings is 1. The highest BCUT2D eigenvalue weighted by Gasteiger charge is 2.17. The monoisotopic (exact) mass is 262 g/mol. The molecular formula is C8H11BrN2O3. The molecule has 1 rings (SSSR count). The van der Waals surface area contributed by atoms with E-state index in [9.17, 15) is 4.79 Å². The van der Waals surface area contributed by atoms with Crippen LogP contribution in [0.3, 0.4) is 0 Å². The maximum atomic E-state index is 11.2. The first-order valence-corrected chi connectivity index (χ1v) is 4.77. The van der Waals surface area contributed by atoms with E-state index in [1.165, 1.54) is 6.20 Å². The van der Waals surface area contributed by atoms with Crippen molar-refractivity contribution < 1.29 is 13.9 Å². The van der Waals surface area contributed by atoms with Gasteiger partial charge in [-0.1, -0.05) is 0 Å². The fourth-order valence-corrected chi connectivity index (χ4v) is 0.959. The van der Waals surface area contributed by atoms with Crippen LogP contribution >= 0.6 is 15.9 Å². The van der Waals surface area contributed by atoms with Gasteiger partial charge in [0, 0.05) is 0 Å². The third kappa shape index (κ3) is 3.78. The number of rotatable bonds is 1. The fraction of sp³-hybridized carbons (Fsp3) is 0.500. The zero-order valence-corrected chi connectivity index (χ0v) is 9.71. The van der Waals surface area contributed by atoms with Crippen molar-refractivity contribution in [3.05, 3.63) is 10.9 Å². The predicted octanol–water partition coefficient (Wildman–Crippen LogP) is 2.78. The highest BCUT2D eigenvalue weighted by molar-refractivity contribution is 9.10. The molecule has 0 aromatic carbocycles. The number of carbonyl (C=O) groups excluding carboxylic acids is 1. The van der Waals surface area contributed by atoms with Crippen molar-refractivity contribution in [1.29, 1.82) is 0 Å². The van der Waals surface area contributed by atoms with Crippen LogP contribution < -0.4 is 5.32 Å². The average molecular weight is 263 g/mol. The van der Waals surface area contributed by atoms with Crippen molar-refractivity contribution >= 4 is 28.0 Å². The van der Waals surface area contributed by atoms with Crippen molar-refractivity contribution in [2.24, 2.45) is 0 Å². The molecule has 0 saturated heterocycles. The van der Waals surface area contributed by atoms with Crippen molar-refractivity contribution in [3.8, 4) is 0 Å². The molecule has 1 heterocycles. The summed E-state index contributed by atoms with van der Waals surface area (Å²) in [6, 6.07) is 0.103. The summed E-state index contributed by atoms with van der Waals surface area (Å²) in [6.45, 7) is 5.33. The van der Waals surface area contributed by atoms with Crippen molar-refractivity contribution in [3.63, 3.8) is 0 Å². The van der Waals surface area contributed by atoms with Crippen LogP contribution in [0.5, 0.6) is 0 Å². The lowest BCUT2D eigenvalue weighted by molar-refractivity contribution is 0.0631. The summed E-state index contributed by atoms with van der Waals surface area (Å²) in [6.07, 6.45) is 0.846. The first-order chi connectivity index (χ1) is 6.37. The number of aromatic nitrogens is 1. The van der Waals surface area contributed by atoms with E-state index >= 15 is 0 Å². The Morgan fingerprint density at radius 3 is 2.71 bits per heavy atom. The van der Waals surface area contributed by atoms with Crippen LogP contribution in [0.4, 0.5) is 10.8 Å². The van der Waals surface area contributed by atoms with Gasteiger partial charge in [0.25, 0.3) is 0 Å². The van der Waals surface area contributed by atoms with Gasteiger partial charge in [0.1, 0.15) is 5.60 Å². The number of ether oxygens (including phenoxy) is 1. The molecule has 0 aliphatic carbocycles. The molecule has 0 spiro atoms. The van der Waals surface area contributed by atoms with Crippen LogP contribution in [-0.2, 0) is 4.74 Å². The van der Waals surface area contributed by atoms with Gasteiger partial charge in [0.05, 0.1) is 6.20 Å². The number of amides is 1. The summed E-state index contributed by atoms with van der Waals surface area (Å²) in [5.74, 6) is 0. The molecule has 0 radical (unpaired) electrons. The van der Waals surface area contributed by atoms with Gasteiger partial charge in [-0.15, -0.1) is 0 Å². The Kier molecular flexibility index (Phi) is 3.15. The highest BCUT2D eigenvalue weighted by Crippen LogP contribution is 2.15. The zero-order valence-electron chi connectivity index (χ0n) is 8.13. The summed E-state index contributed by atoms with van der Waals surface area (Å²) < 4.78 is 10.4. The smallest absolute Gasteiger partial charge is 0.415 e. The number of nitrogens with zero attached hydrogens (tertiary/aromatic N) is 1. The van der Waals surface area contributed by atoms with Crippen LogP contribution in [0.25, 0.3) is 0 Å². The van der Waals surface area contributed by atoms with Gasteiger partial charge >= 0.3 is 12.1 Å². The van der Waals surface area contributed by atoms with E-state index < -0.39 is 11.7 Å². The number of hydrogen-bond donors (Lipinski definition) is 1. The highest BCUT2D eigenvalue weighted by atomic mass is 79.9. The molecule has 1 aromatic heterocycles. The standard InChI is InChI=1S/C8H11BrN2O3/c1-8(2,3)14-7(12)11-6-10-4-5(9)13-6/h4H,1-3H3,(H,10,11,12). The Hall–Kier alpha value is -1.04. The number of carbonyl (C=O) groups is 1. The molecular weight excluding hydrogens is 252 g/mol. The molecule has 14 heavy (non-hydrogen) atoms. The van der Waals surface area contributed by atoms with Gasteiger partial charge in [-0.25, -0.2) is 15.1 Å². The molecule has 1 amide bonds. The summed E-state index contributed by atoms with van der Waals surface area (Å²) in [5.41, 5.74) is -0.534. The zero-order chi connectivity index (χ0) is 10.8. The Balaban J connectivity index is 2.50. The normalized spacial score (nSPS) is 11.1. The fourth-order valence-electron chi connectivity index (χ4n) is 0.703. The molecule has 0 fully saturated rings. The lowest BCUT2D eigenvalue weighted by Gasteiger charge is -2.18. The maximum absolute atomic E-state index is 11.2. The summed E-state index contributed by atoms with van der Waals surface area (Å²) >= 11 is 3.06. The van der Waals surface area contributed by atoms with Gasteiger partial charge in [0.15, 0.2) is 4.67 Å². The molecule has 0 aliphatic rings. The van der Waals surface area contributed by atoms with Crippen LogP contribution in [0.1, 0.15) is 20.8 Å². The van der Waals surface area contributed by atoms with Gasteiger partial charge < -0.3 is 9.15 Å². The van der Waals surface area contributed by atoms with E-state index in [-0.39, 0.29) is 6.01 Å². The predicted molar refractivity (Wildman–Crippen MR) is 54.1 cm³/mol. The Morgan fingerprint density at radius 1 is 1.64 bits per heavy atom. The largest absolute Gasteiger partial charge is 0.443 e. The van der Waals surface area contributed by atoms with Gasteiger partial charge in [-0.2, -0.15) is 0 Å². The number of halogens is 1. The number of hydrogen-bond acceptors (Lipinski definition) is 4. The van der Waals surface area contributed by atoms with Gasteiger partial charge in [-0.05, 0) is 36.7 Å². The molecule has 1 N–H and O–H groups in total. The van der Waals surface area contributed by atoms with E-state index in [4.69, 9.17) is 9.15 Å². The average Bonchev–Trinajstić information content (AvgIpc) is 2.30. The Morgan fingerprint density at radius 2 is 2.29 bits per heavy atom. The quantitative estimate of drug-likeness (QED) is 0.846. The minimum Gasteiger partial charge on any atom is -0.443 e. The summed E-state index contributed by atoms with van der Waals surface area (Å²) in [5, 5.41) is 2.35. The SMILES string of the molecule is CC(C)(C)OC(=O)Nc1ncc(Br)o1. The molecule has 78 valence electrons. The maximum Gasteiger partial charge on any atom is 0.415 e. The van der Waals surface area contributed by atoms with E-state index in [2.05, 4.69) is 26.2 Å². The van der Waals surface area contributed by atoms with Crippen molar-refractivity contribution in [2.45, 2.75) is 26.4 Å². The molecule has 0 bridgehead atoms. The van der Waals surface area contributed by atoms with Crippen LogP contribution in [0.2, 0.25) is 0 Å². The molecule has 1 aromatic rings. The van der Waals surface area contributed by atoms with Gasteiger partial charge in [0.2, 0.25) is 0 Å². The van der Waals surface area contributed by atoms with E-state index in [0.717, 1.165) is 0 Å². The summed E-state index contributed by atoms with van der Waals surface area (Å²) in [4.78, 5) is 14.9. The second-order valence-corrected chi connectivity index (χ2v) is 4.38. The summed E-state index contributed by atoms with van der Waals surface area (Å²) in [7, 11) is 0. The van der Waals surface area contributed by atoms with E-state index in [1.807, 2.05) is 0 Å². The number of nitrogens with one attached hydrogen (secondary N) is 1. The van der Waals surface area contributed by atoms with Crippen LogP contribution in [0.15, 0.2) is 15.3 Å². The third-order valence-electron chi connectivity index (χ3n) is 1.09. The third-order valence-corrected chi connectivity index (χ3v) is 1.45. The molecule has 0 saturated carbocycles. The van der Waals surface area contributed by atoms with Crippen LogP contribution in [0, 0.1) is 0 Å². The Bertz CT molecular complexity index is 330. The van der Waals surface area contributed by atoms with E-state index in [1.54, 1.807) is 20.8 Å². The molecule has 0 unspecified atom stereocenters. The molecule has 6 heteroatoms. The van der Waals surface area contributed by atoms with Crippen molar-refractivity contribution in [2.75, 3.05) is 5.32 Å². The Labute approximate surface area is 90.0 Å². The second-order valence-electron chi connectivity index (χ2n) is 3.60. The first kappa shape index (κ1) is 11.0. The topological polar surface area (TPSA) is 64.4 Å². The molecule has 0 atom stereocenters. The van der Waals surface area contributed by atoms with E-state index in [0.29, 0.717) is 4.67 Å². The first-order valence-electron chi connectivity index (χ1n) is 3.98. The number of anilines is 1. The molecule has 5 nitrogen and oxygen atoms in total. The second kappa shape index (κ2) is 4.00.